The molecule has 0 radical (unpaired) electrons. The summed E-state index contributed by atoms with van der Waals surface area (Å²) in [7, 11) is 0. The van der Waals surface area contributed by atoms with Gasteiger partial charge in [-0.05, 0) is 13.8 Å². The zero-order valence-electron chi connectivity index (χ0n) is 7.14. The summed E-state index contributed by atoms with van der Waals surface area (Å²) in [5, 5.41) is 5.21. The number of alkyl halides is 3. The number of nitrogens with zero attached hydrogens (tertiary/aromatic N) is 1. The van der Waals surface area contributed by atoms with Crippen molar-refractivity contribution in [3.05, 3.63) is 11.8 Å². The molecule has 0 saturated heterocycles. The Bertz CT molecular complexity index is 280. The van der Waals surface area contributed by atoms with Gasteiger partial charge in [0.1, 0.15) is 5.69 Å². The number of hydrogen-bond donors (Lipinski definition) is 1. The molecule has 0 aliphatic carbocycles. The van der Waals surface area contributed by atoms with E-state index < -0.39 is 11.9 Å². The van der Waals surface area contributed by atoms with Crippen molar-refractivity contribution >= 4 is 0 Å². The third-order valence-electron chi connectivity index (χ3n) is 1.22. The van der Waals surface area contributed by atoms with Gasteiger partial charge in [0.2, 0.25) is 5.88 Å². The fraction of sp³-hybridized carbons (Fsp3) is 0.571. The first-order valence-electron chi connectivity index (χ1n) is 3.69. The predicted molar refractivity (Wildman–Crippen MR) is 39.4 cm³/mol. The molecule has 0 spiro atoms. The Balaban J connectivity index is 2.75. The van der Waals surface area contributed by atoms with Crippen molar-refractivity contribution in [2.45, 2.75) is 26.1 Å². The van der Waals surface area contributed by atoms with Crippen molar-refractivity contribution in [2.24, 2.45) is 0 Å². The molecule has 6 heteroatoms. The van der Waals surface area contributed by atoms with Gasteiger partial charge in [-0.3, -0.25) is 5.10 Å². The summed E-state index contributed by atoms with van der Waals surface area (Å²) in [4.78, 5) is 0. The molecular weight excluding hydrogens is 185 g/mol. The maximum atomic E-state index is 12.0. The lowest BCUT2D eigenvalue weighted by Crippen LogP contribution is -2.06. The van der Waals surface area contributed by atoms with Gasteiger partial charge < -0.3 is 4.74 Å². The van der Waals surface area contributed by atoms with E-state index in [0.29, 0.717) is 0 Å². The van der Waals surface area contributed by atoms with Crippen molar-refractivity contribution in [1.29, 1.82) is 0 Å². The second-order valence-corrected chi connectivity index (χ2v) is 2.78. The molecule has 1 aromatic rings. The molecule has 1 heterocycles. The molecule has 1 aromatic heterocycles. The van der Waals surface area contributed by atoms with Gasteiger partial charge in [0.05, 0.1) is 6.10 Å². The van der Waals surface area contributed by atoms with Crippen LogP contribution in [-0.4, -0.2) is 16.3 Å². The number of nitrogens with one attached hydrogen (secondary N) is 1. The molecule has 0 aliphatic rings. The van der Waals surface area contributed by atoms with Gasteiger partial charge in [0, 0.05) is 6.07 Å². The number of aromatic amines is 1. The van der Waals surface area contributed by atoms with E-state index in [0.717, 1.165) is 6.07 Å². The molecule has 0 saturated carbocycles. The summed E-state index contributed by atoms with van der Waals surface area (Å²) in [5.74, 6) is -0.0395. The molecule has 1 rings (SSSR count). The molecule has 0 bridgehead atoms. The van der Waals surface area contributed by atoms with E-state index in [2.05, 4.69) is 5.10 Å². The lowest BCUT2D eigenvalue weighted by molar-refractivity contribution is -0.141. The molecule has 1 N–H and O–H groups in total. The van der Waals surface area contributed by atoms with E-state index in [-0.39, 0.29) is 12.0 Å². The zero-order valence-corrected chi connectivity index (χ0v) is 7.14. The molecule has 74 valence electrons. The van der Waals surface area contributed by atoms with Crippen molar-refractivity contribution in [3.8, 4) is 5.88 Å². The number of ether oxygens (including phenoxy) is 1. The number of halogens is 3. The highest BCUT2D eigenvalue weighted by molar-refractivity contribution is 5.16. The van der Waals surface area contributed by atoms with Gasteiger partial charge in [-0.25, -0.2) is 0 Å². The molecule has 0 amide bonds. The van der Waals surface area contributed by atoms with Crippen LogP contribution in [0.2, 0.25) is 0 Å². The van der Waals surface area contributed by atoms with Gasteiger partial charge in [0.15, 0.2) is 0 Å². The van der Waals surface area contributed by atoms with Gasteiger partial charge in [-0.15, -0.1) is 5.10 Å². The number of H-pyrrole nitrogens is 1. The Morgan fingerprint density at radius 1 is 1.46 bits per heavy atom. The summed E-state index contributed by atoms with van der Waals surface area (Å²) < 4.78 is 41.0. The molecule has 3 nitrogen and oxygen atoms in total. The second-order valence-electron chi connectivity index (χ2n) is 2.78. The molecule has 13 heavy (non-hydrogen) atoms. The quantitative estimate of drug-likeness (QED) is 0.783. The summed E-state index contributed by atoms with van der Waals surface area (Å²) in [6.07, 6.45) is -4.59. The Morgan fingerprint density at radius 2 is 2.08 bits per heavy atom. The lowest BCUT2D eigenvalue weighted by Gasteiger charge is -2.04. The fourth-order valence-corrected chi connectivity index (χ4v) is 0.750. The maximum Gasteiger partial charge on any atom is 0.432 e. The normalized spacial score (nSPS) is 12.2. The van der Waals surface area contributed by atoms with Crippen molar-refractivity contribution in [3.63, 3.8) is 0 Å². The first-order valence-corrected chi connectivity index (χ1v) is 3.69. The zero-order chi connectivity index (χ0) is 10.1. The Labute approximate surface area is 72.9 Å². The minimum atomic E-state index is -4.40. The van der Waals surface area contributed by atoms with E-state index in [4.69, 9.17) is 4.74 Å². The highest BCUT2D eigenvalue weighted by Crippen LogP contribution is 2.29. The van der Waals surface area contributed by atoms with Crippen molar-refractivity contribution < 1.29 is 17.9 Å². The maximum absolute atomic E-state index is 12.0. The summed E-state index contributed by atoms with van der Waals surface area (Å²) in [5.41, 5.74) is -0.900. The van der Waals surface area contributed by atoms with Crippen LogP contribution in [0.4, 0.5) is 13.2 Å². The summed E-state index contributed by atoms with van der Waals surface area (Å²) >= 11 is 0. The molecule has 0 unspecified atom stereocenters. The van der Waals surface area contributed by atoms with Crippen LogP contribution in [0.5, 0.6) is 5.88 Å². The summed E-state index contributed by atoms with van der Waals surface area (Å²) in [6.45, 7) is 3.42. The fourth-order valence-electron chi connectivity index (χ4n) is 0.750. The molecule has 0 fully saturated rings. The predicted octanol–water partition coefficient (Wildman–Crippen LogP) is 2.22. The smallest absolute Gasteiger partial charge is 0.432 e. The molecule has 0 aromatic carbocycles. The number of aromatic nitrogens is 2. The third-order valence-corrected chi connectivity index (χ3v) is 1.22. The van der Waals surface area contributed by atoms with Crippen LogP contribution >= 0.6 is 0 Å². The van der Waals surface area contributed by atoms with Gasteiger partial charge in [-0.2, -0.15) is 13.2 Å². The Kier molecular flexibility index (Phi) is 2.49. The number of hydrogen-bond acceptors (Lipinski definition) is 2. The molecule has 0 aliphatic heterocycles. The van der Waals surface area contributed by atoms with Crippen LogP contribution in [0, 0.1) is 0 Å². The lowest BCUT2D eigenvalue weighted by atomic mass is 10.4. The molecular formula is C7H9F3N2O. The standard InChI is InChI=1S/C7H9F3N2O/c1-4(2)13-6-3-5(11-12-6)7(8,9)10/h3-4H,1-2H3,(H,11,12). The average molecular weight is 194 g/mol. The van der Waals surface area contributed by atoms with Crippen LogP contribution in [0.3, 0.4) is 0 Å². The average Bonchev–Trinajstić information content (AvgIpc) is 2.32. The third kappa shape index (κ3) is 2.64. The molecule has 0 atom stereocenters. The first kappa shape index (κ1) is 9.88. The summed E-state index contributed by atoms with van der Waals surface area (Å²) in [6, 6.07) is 0.833. The second kappa shape index (κ2) is 3.27. The van der Waals surface area contributed by atoms with Crippen LogP contribution < -0.4 is 4.74 Å². The van der Waals surface area contributed by atoms with E-state index in [1.807, 2.05) is 5.10 Å². The van der Waals surface area contributed by atoms with Gasteiger partial charge >= 0.3 is 6.18 Å². The largest absolute Gasteiger partial charge is 0.474 e. The topological polar surface area (TPSA) is 37.9 Å². The number of rotatable bonds is 2. The van der Waals surface area contributed by atoms with Crippen LogP contribution in [0.1, 0.15) is 19.5 Å². The first-order chi connectivity index (χ1) is 5.89. The minimum absolute atomic E-state index is 0.0395. The van der Waals surface area contributed by atoms with Crippen LogP contribution in [-0.2, 0) is 6.18 Å². The van der Waals surface area contributed by atoms with Crippen LogP contribution in [0.15, 0.2) is 6.07 Å². The van der Waals surface area contributed by atoms with Crippen LogP contribution in [0.25, 0.3) is 0 Å². The Hall–Kier alpha value is -1.20. The SMILES string of the molecule is CC(C)Oc1cc(C(F)(F)F)[nH]n1. The Morgan fingerprint density at radius 3 is 2.46 bits per heavy atom. The van der Waals surface area contributed by atoms with E-state index in [1.165, 1.54) is 0 Å². The van der Waals surface area contributed by atoms with Gasteiger partial charge in [0.25, 0.3) is 0 Å². The minimum Gasteiger partial charge on any atom is -0.474 e. The monoisotopic (exact) mass is 194 g/mol. The van der Waals surface area contributed by atoms with E-state index >= 15 is 0 Å². The van der Waals surface area contributed by atoms with E-state index in [9.17, 15) is 13.2 Å². The van der Waals surface area contributed by atoms with Gasteiger partial charge in [-0.1, -0.05) is 0 Å². The highest BCUT2D eigenvalue weighted by atomic mass is 19.4. The van der Waals surface area contributed by atoms with Crippen molar-refractivity contribution in [2.75, 3.05) is 0 Å². The van der Waals surface area contributed by atoms with Crippen molar-refractivity contribution in [1.82, 2.24) is 10.2 Å². The van der Waals surface area contributed by atoms with E-state index in [1.54, 1.807) is 13.8 Å². The highest BCUT2D eigenvalue weighted by Gasteiger charge is 2.33.